The van der Waals surface area contributed by atoms with E-state index in [2.05, 4.69) is 26.9 Å². The van der Waals surface area contributed by atoms with E-state index < -0.39 is 0 Å². The van der Waals surface area contributed by atoms with E-state index in [0.29, 0.717) is 12.2 Å². The van der Waals surface area contributed by atoms with Gasteiger partial charge in [-0.1, -0.05) is 0 Å². The third-order valence-corrected chi connectivity index (χ3v) is 2.96. The Balaban J connectivity index is 1.92. The van der Waals surface area contributed by atoms with Crippen LogP contribution in [0.5, 0.6) is 0 Å². The quantitative estimate of drug-likeness (QED) is 0.806. The summed E-state index contributed by atoms with van der Waals surface area (Å²) in [6.07, 6.45) is 3.55. The molecule has 2 heterocycles. The molecule has 0 saturated carbocycles. The van der Waals surface area contributed by atoms with Gasteiger partial charge in [-0.05, 0) is 36.8 Å². The maximum absolute atomic E-state index is 11.3. The topological polar surface area (TPSA) is 67.0 Å². The fourth-order valence-corrected chi connectivity index (χ4v) is 1.81. The molecule has 0 bridgehead atoms. The maximum atomic E-state index is 11.3. The zero-order chi connectivity index (χ0) is 13.7. The smallest absolute Gasteiger partial charge is 0.354 e. The fraction of sp³-hybridized carbons (Fsp3) is 0.286. The lowest BCUT2D eigenvalue weighted by Crippen LogP contribution is -2.18. The number of H-pyrrole nitrogens is 1. The van der Waals surface area contributed by atoms with Crippen molar-refractivity contribution in [1.82, 2.24) is 15.3 Å². The summed E-state index contributed by atoms with van der Waals surface area (Å²) in [5.74, 6) is -0.353. The normalized spacial score (nSPS) is 12.1. The third kappa shape index (κ3) is 3.42. The lowest BCUT2D eigenvalue weighted by atomic mass is 10.1. The van der Waals surface area contributed by atoms with E-state index in [-0.39, 0.29) is 12.0 Å². The van der Waals surface area contributed by atoms with Gasteiger partial charge in [0.05, 0.1) is 7.11 Å². The van der Waals surface area contributed by atoms with Crippen molar-refractivity contribution in [2.75, 3.05) is 7.11 Å². The van der Waals surface area contributed by atoms with Gasteiger partial charge in [0.1, 0.15) is 5.69 Å². The van der Waals surface area contributed by atoms with E-state index in [9.17, 15) is 4.79 Å². The Kier molecular flexibility index (Phi) is 4.30. The number of nitrogens with zero attached hydrogens (tertiary/aromatic N) is 1. The van der Waals surface area contributed by atoms with Gasteiger partial charge in [-0.15, -0.1) is 0 Å². The van der Waals surface area contributed by atoms with Crippen LogP contribution in [0.3, 0.4) is 0 Å². The standard InChI is InChI=1S/C14H17N3O2/c1-10(11-5-7-15-8-6-11)16-9-12-3-4-13(17-12)14(18)19-2/h3-8,10,16-17H,9H2,1-2H3. The van der Waals surface area contributed by atoms with Crippen molar-refractivity contribution in [3.05, 3.63) is 53.6 Å². The first-order valence-electron chi connectivity index (χ1n) is 6.10. The van der Waals surface area contributed by atoms with Crippen LogP contribution in [0.15, 0.2) is 36.7 Å². The molecule has 5 heteroatoms. The molecule has 19 heavy (non-hydrogen) atoms. The summed E-state index contributed by atoms with van der Waals surface area (Å²) < 4.78 is 4.65. The monoisotopic (exact) mass is 259 g/mol. The molecule has 0 aliphatic rings. The Morgan fingerprint density at radius 2 is 2.11 bits per heavy atom. The minimum absolute atomic E-state index is 0.216. The van der Waals surface area contributed by atoms with Gasteiger partial charge in [0.25, 0.3) is 0 Å². The molecule has 0 aromatic carbocycles. The second kappa shape index (κ2) is 6.15. The Morgan fingerprint density at radius 3 is 2.79 bits per heavy atom. The van der Waals surface area contributed by atoms with Crippen molar-refractivity contribution in [1.29, 1.82) is 0 Å². The molecular weight excluding hydrogens is 242 g/mol. The van der Waals surface area contributed by atoms with Crippen molar-refractivity contribution in [3.8, 4) is 0 Å². The van der Waals surface area contributed by atoms with Crippen molar-refractivity contribution in [2.24, 2.45) is 0 Å². The van der Waals surface area contributed by atoms with Crippen LogP contribution in [-0.2, 0) is 11.3 Å². The lowest BCUT2D eigenvalue weighted by molar-refractivity contribution is 0.0594. The average molecular weight is 259 g/mol. The van der Waals surface area contributed by atoms with Gasteiger partial charge in [0.2, 0.25) is 0 Å². The van der Waals surface area contributed by atoms with Gasteiger partial charge >= 0.3 is 5.97 Å². The highest BCUT2D eigenvalue weighted by Crippen LogP contribution is 2.11. The molecule has 1 atom stereocenters. The van der Waals surface area contributed by atoms with Gasteiger partial charge in [-0.3, -0.25) is 4.98 Å². The molecule has 0 fully saturated rings. The van der Waals surface area contributed by atoms with E-state index in [0.717, 1.165) is 5.69 Å². The Morgan fingerprint density at radius 1 is 1.37 bits per heavy atom. The molecule has 100 valence electrons. The molecule has 0 aliphatic heterocycles. The lowest BCUT2D eigenvalue weighted by Gasteiger charge is -2.13. The highest BCUT2D eigenvalue weighted by Gasteiger charge is 2.09. The van der Waals surface area contributed by atoms with Crippen LogP contribution in [0.2, 0.25) is 0 Å². The number of hydrogen-bond acceptors (Lipinski definition) is 4. The largest absolute Gasteiger partial charge is 0.464 e. The second-order valence-electron chi connectivity index (χ2n) is 4.27. The Labute approximate surface area is 112 Å². The number of esters is 1. The van der Waals surface area contributed by atoms with Crippen molar-refractivity contribution >= 4 is 5.97 Å². The van der Waals surface area contributed by atoms with Crippen molar-refractivity contribution in [3.63, 3.8) is 0 Å². The van der Waals surface area contributed by atoms with Crippen LogP contribution >= 0.6 is 0 Å². The number of carbonyl (C=O) groups is 1. The zero-order valence-corrected chi connectivity index (χ0v) is 11.0. The summed E-state index contributed by atoms with van der Waals surface area (Å²) in [6.45, 7) is 2.74. The van der Waals surface area contributed by atoms with E-state index >= 15 is 0 Å². The van der Waals surface area contributed by atoms with E-state index in [1.54, 1.807) is 18.5 Å². The van der Waals surface area contributed by atoms with Crippen molar-refractivity contribution < 1.29 is 9.53 Å². The molecule has 1 unspecified atom stereocenters. The molecular formula is C14H17N3O2. The van der Waals surface area contributed by atoms with Crippen LogP contribution in [0.4, 0.5) is 0 Å². The number of aromatic amines is 1. The first-order chi connectivity index (χ1) is 9.20. The minimum Gasteiger partial charge on any atom is -0.464 e. The molecule has 2 aromatic rings. The number of nitrogens with one attached hydrogen (secondary N) is 2. The summed E-state index contributed by atoms with van der Waals surface area (Å²) in [7, 11) is 1.37. The maximum Gasteiger partial charge on any atom is 0.354 e. The summed E-state index contributed by atoms with van der Waals surface area (Å²) in [5.41, 5.74) is 2.59. The van der Waals surface area contributed by atoms with Crippen LogP contribution in [0.1, 0.15) is 34.7 Å². The molecule has 0 saturated heterocycles. The number of carbonyl (C=O) groups excluding carboxylic acids is 1. The number of methoxy groups -OCH3 is 1. The molecule has 5 nitrogen and oxygen atoms in total. The summed E-state index contributed by atoms with van der Waals surface area (Å²) in [5, 5.41) is 3.37. The predicted octanol–water partition coefficient (Wildman–Crippen LogP) is 2.05. The van der Waals surface area contributed by atoms with E-state index in [4.69, 9.17) is 0 Å². The number of ether oxygens (including phenoxy) is 1. The highest BCUT2D eigenvalue weighted by atomic mass is 16.5. The van der Waals surface area contributed by atoms with Gasteiger partial charge in [-0.25, -0.2) is 4.79 Å². The summed E-state index contributed by atoms with van der Waals surface area (Å²) in [6, 6.07) is 7.77. The van der Waals surface area contributed by atoms with Crippen molar-refractivity contribution in [2.45, 2.75) is 19.5 Å². The first-order valence-corrected chi connectivity index (χ1v) is 6.10. The molecule has 0 radical (unpaired) electrons. The molecule has 0 aliphatic carbocycles. The number of hydrogen-bond donors (Lipinski definition) is 2. The van der Waals surface area contributed by atoms with Gasteiger partial charge in [0.15, 0.2) is 0 Å². The van der Waals surface area contributed by atoms with Gasteiger partial charge < -0.3 is 15.0 Å². The van der Waals surface area contributed by atoms with Crippen LogP contribution in [0, 0.1) is 0 Å². The number of pyridine rings is 1. The van der Waals surface area contributed by atoms with Crippen LogP contribution in [0.25, 0.3) is 0 Å². The summed E-state index contributed by atoms with van der Waals surface area (Å²) >= 11 is 0. The molecule has 2 rings (SSSR count). The van der Waals surface area contributed by atoms with Crippen LogP contribution in [-0.4, -0.2) is 23.0 Å². The van der Waals surface area contributed by atoms with E-state index in [1.165, 1.54) is 12.7 Å². The number of aromatic nitrogens is 2. The zero-order valence-electron chi connectivity index (χ0n) is 11.0. The minimum atomic E-state index is -0.353. The Hall–Kier alpha value is -2.14. The third-order valence-electron chi connectivity index (χ3n) is 2.96. The van der Waals surface area contributed by atoms with Crippen LogP contribution < -0.4 is 5.32 Å². The first kappa shape index (κ1) is 13.3. The average Bonchev–Trinajstić information content (AvgIpc) is 2.93. The molecule has 2 N–H and O–H groups in total. The van der Waals surface area contributed by atoms with Gasteiger partial charge in [0, 0.05) is 30.7 Å². The second-order valence-corrected chi connectivity index (χ2v) is 4.27. The van der Waals surface area contributed by atoms with E-state index in [1.807, 2.05) is 18.2 Å². The Bertz CT molecular complexity index is 537. The molecule has 0 spiro atoms. The molecule has 2 aromatic heterocycles. The highest BCUT2D eigenvalue weighted by molar-refractivity contribution is 5.87. The fourth-order valence-electron chi connectivity index (χ4n) is 1.81. The summed E-state index contributed by atoms with van der Waals surface area (Å²) in [4.78, 5) is 18.3. The predicted molar refractivity (Wildman–Crippen MR) is 71.6 cm³/mol. The number of rotatable bonds is 5. The molecule has 0 amide bonds. The SMILES string of the molecule is COC(=O)c1ccc(CNC(C)c2ccncc2)[nH]1. The van der Waals surface area contributed by atoms with Gasteiger partial charge in [-0.2, -0.15) is 0 Å².